The molecule has 104 valence electrons. The third-order valence-corrected chi connectivity index (χ3v) is 4.20. The Balaban J connectivity index is 2.21. The van der Waals surface area contributed by atoms with Crippen molar-refractivity contribution in [1.29, 1.82) is 0 Å². The number of Topliss-reactive ketones (excluding diaryl/α,β-unsaturated/α-hetero) is 1. The zero-order valence-electron chi connectivity index (χ0n) is 10.6. The molecule has 2 aromatic rings. The zero-order chi connectivity index (χ0) is 14.7. The first-order chi connectivity index (χ1) is 9.51. The van der Waals surface area contributed by atoms with Gasteiger partial charge in [-0.05, 0) is 51.8 Å². The van der Waals surface area contributed by atoms with Crippen LogP contribution in [0.1, 0.15) is 15.9 Å². The first kappa shape index (κ1) is 15.2. The lowest BCUT2D eigenvalue weighted by atomic mass is 10.0. The number of ether oxygens (including phenoxy) is 1. The molecule has 5 heteroatoms. The third-order valence-electron chi connectivity index (χ3n) is 2.84. The maximum absolute atomic E-state index is 13.0. The Morgan fingerprint density at radius 1 is 1.15 bits per heavy atom. The van der Waals surface area contributed by atoms with Gasteiger partial charge < -0.3 is 4.74 Å². The molecule has 0 spiro atoms. The SMILES string of the molecule is COc1ccc(C(=O)Cc2ccc(F)cc2Br)cc1Br. The summed E-state index contributed by atoms with van der Waals surface area (Å²) in [5, 5.41) is 0. The smallest absolute Gasteiger partial charge is 0.167 e. The molecule has 0 saturated heterocycles. The van der Waals surface area contributed by atoms with Crippen LogP contribution in [0, 0.1) is 5.82 Å². The molecule has 0 N–H and O–H groups in total. The molecule has 2 rings (SSSR count). The van der Waals surface area contributed by atoms with Crippen molar-refractivity contribution in [3.05, 3.63) is 62.3 Å². The molecular weight excluding hydrogens is 391 g/mol. The number of benzene rings is 2. The Kier molecular flexibility index (Phi) is 4.94. The predicted octanol–water partition coefficient (Wildman–Crippen LogP) is 4.78. The monoisotopic (exact) mass is 400 g/mol. The van der Waals surface area contributed by atoms with Crippen molar-refractivity contribution >= 4 is 37.6 Å². The van der Waals surface area contributed by atoms with Crippen LogP contribution in [-0.2, 0) is 6.42 Å². The molecule has 0 unspecified atom stereocenters. The summed E-state index contributed by atoms with van der Waals surface area (Å²) in [5.74, 6) is 0.297. The van der Waals surface area contributed by atoms with E-state index in [1.165, 1.54) is 12.1 Å². The van der Waals surface area contributed by atoms with E-state index in [4.69, 9.17) is 4.74 Å². The molecule has 0 heterocycles. The number of ketones is 1. The average Bonchev–Trinajstić information content (AvgIpc) is 2.41. The van der Waals surface area contributed by atoms with Crippen molar-refractivity contribution in [3.63, 3.8) is 0 Å². The van der Waals surface area contributed by atoms with Crippen LogP contribution in [0.5, 0.6) is 5.75 Å². The van der Waals surface area contributed by atoms with Crippen LogP contribution in [0.4, 0.5) is 4.39 Å². The Morgan fingerprint density at radius 2 is 1.90 bits per heavy atom. The van der Waals surface area contributed by atoms with Crippen LogP contribution < -0.4 is 4.74 Å². The molecule has 0 aliphatic rings. The predicted molar refractivity (Wildman–Crippen MR) is 82.8 cm³/mol. The fraction of sp³-hybridized carbons (Fsp3) is 0.133. The van der Waals surface area contributed by atoms with Gasteiger partial charge in [0.25, 0.3) is 0 Å². The van der Waals surface area contributed by atoms with Crippen LogP contribution in [0.3, 0.4) is 0 Å². The molecule has 0 fully saturated rings. The largest absolute Gasteiger partial charge is 0.496 e. The molecule has 0 saturated carbocycles. The van der Waals surface area contributed by atoms with Gasteiger partial charge in [0, 0.05) is 16.5 Å². The molecular formula is C15H11Br2FO2. The molecule has 0 atom stereocenters. The van der Waals surface area contributed by atoms with E-state index in [1.807, 2.05) is 0 Å². The van der Waals surface area contributed by atoms with Gasteiger partial charge in [-0.15, -0.1) is 0 Å². The molecule has 0 bridgehead atoms. The van der Waals surface area contributed by atoms with Crippen molar-refractivity contribution in [1.82, 2.24) is 0 Å². The number of carbonyl (C=O) groups excluding carboxylic acids is 1. The fourth-order valence-electron chi connectivity index (χ4n) is 1.78. The van der Waals surface area contributed by atoms with E-state index in [0.717, 1.165) is 10.0 Å². The number of methoxy groups -OCH3 is 1. The molecule has 0 amide bonds. The summed E-state index contributed by atoms with van der Waals surface area (Å²) in [6, 6.07) is 9.47. The van der Waals surface area contributed by atoms with E-state index in [2.05, 4.69) is 31.9 Å². The Bertz CT molecular complexity index is 656. The minimum atomic E-state index is -0.333. The standard InChI is InChI=1S/C15H11Br2FO2/c1-20-15-5-3-10(6-13(15)17)14(19)7-9-2-4-11(18)8-12(9)16/h2-6,8H,7H2,1H3. The van der Waals surface area contributed by atoms with Crippen LogP contribution >= 0.6 is 31.9 Å². The lowest BCUT2D eigenvalue weighted by Crippen LogP contribution is -2.04. The van der Waals surface area contributed by atoms with Crippen molar-refractivity contribution < 1.29 is 13.9 Å². The van der Waals surface area contributed by atoms with E-state index in [0.29, 0.717) is 15.8 Å². The summed E-state index contributed by atoms with van der Waals surface area (Å²) in [5.41, 5.74) is 1.33. The Hall–Kier alpha value is -1.20. The maximum atomic E-state index is 13.0. The van der Waals surface area contributed by atoms with Gasteiger partial charge in [-0.25, -0.2) is 4.39 Å². The van der Waals surface area contributed by atoms with E-state index in [9.17, 15) is 9.18 Å². The molecule has 0 aliphatic carbocycles. The Morgan fingerprint density at radius 3 is 2.50 bits per heavy atom. The van der Waals surface area contributed by atoms with E-state index in [1.54, 1.807) is 31.4 Å². The molecule has 0 aliphatic heterocycles. The second-order valence-corrected chi connectivity index (χ2v) is 5.89. The van der Waals surface area contributed by atoms with Gasteiger partial charge in [0.05, 0.1) is 11.6 Å². The lowest BCUT2D eigenvalue weighted by molar-refractivity contribution is 0.0992. The minimum absolute atomic E-state index is 0.0411. The summed E-state index contributed by atoms with van der Waals surface area (Å²) in [7, 11) is 1.57. The van der Waals surface area contributed by atoms with Gasteiger partial charge in [-0.2, -0.15) is 0 Å². The molecule has 20 heavy (non-hydrogen) atoms. The third kappa shape index (κ3) is 3.46. The number of halogens is 3. The molecule has 0 aromatic heterocycles. The van der Waals surface area contributed by atoms with Crippen LogP contribution in [0.15, 0.2) is 45.3 Å². The van der Waals surface area contributed by atoms with Gasteiger partial charge >= 0.3 is 0 Å². The number of rotatable bonds is 4. The van der Waals surface area contributed by atoms with Crippen molar-refractivity contribution in [2.45, 2.75) is 6.42 Å². The number of hydrogen-bond acceptors (Lipinski definition) is 2. The van der Waals surface area contributed by atoms with E-state index < -0.39 is 0 Å². The topological polar surface area (TPSA) is 26.3 Å². The highest BCUT2D eigenvalue weighted by atomic mass is 79.9. The maximum Gasteiger partial charge on any atom is 0.167 e. The minimum Gasteiger partial charge on any atom is -0.496 e. The van der Waals surface area contributed by atoms with Gasteiger partial charge in [0.2, 0.25) is 0 Å². The summed E-state index contributed by atoms with van der Waals surface area (Å²) in [4.78, 5) is 12.2. The summed E-state index contributed by atoms with van der Waals surface area (Å²) in [6.45, 7) is 0. The van der Waals surface area contributed by atoms with Gasteiger partial charge in [0.1, 0.15) is 11.6 Å². The van der Waals surface area contributed by atoms with Gasteiger partial charge in [-0.1, -0.05) is 22.0 Å². The summed E-state index contributed by atoms with van der Waals surface area (Å²) in [6.07, 6.45) is 0.208. The van der Waals surface area contributed by atoms with Gasteiger partial charge in [-0.3, -0.25) is 4.79 Å². The first-order valence-corrected chi connectivity index (χ1v) is 7.40. The summed E-state index contributed by atoms with van der Waals surface area (Å²) < 4.78 is 19.5. The highest BCUT2D eigenvalue weighted by Gasteiger charge is 2.12. The van der Waals surface area contributed by atoms with Gasteiger partial charge in [0.15, 0.2) is 5.78 Å². The molecule has 2 aromatic carbocycles. The summed E-state index contributed by atoms with van der Waals surface area (Å²) >= 11 is 6.61. The average molecular weight is 402 g/mol. The van der Waals surface area contributed by atoms with E-state index >= 15 is 0 Å². The highest BCUT2D eigenvalue weighted by Crippen LogP contribution is 2.27. The van der Waals surface area contributed by atoms with Crippen LogP contribution in [0.2, 0.25) is 0 Å². The van der Waals surface area contributed by atoms with Crippen molar-refractivity contribution in [2.24, 2.45) is 0 Å². The van der Waals surface area contributed by atoms with Crippen LogP contribution in [-0.4, -0.2) is 12.9 Å². The quantitative estimate of drug-likeness (QED) is 0.688. The normalized spacial score (nSPS) is 10.4. The second-order valence-electron chi connectivity index (χ2n) is 4.19. The van der Waals surface area contributed by atoms with E-state index in [-0.39, 0.29) is 18.0 Å². The van der Waals surface area contributed by atoms with Crippen molar-refractivity contribution in [2.75, 3.05) is 7.11 Å². The van der Waals surface area contributed by atoms with Crippen LogP contribution in [0.25, 0.3) is 0 Å². The Labute approximate surface area is 133 Å². The first-order valence-electron chi connectivity index (χ1n) is 5.82. The number of carbonyl (C=O) groups is 1. The zero-order valence-corrected chi connectivity index (χ0v) is 13.8. The lowest BCUT2D eigenvalue weighted by Gasteiger charge is -2.07. The second kappa shape index (κ2) is 6.50. The highest BCUT2D eigenvalue weighted by molar-refractivity contribution is 9.10. The van der Waals surface area contributed by atoms with Crippen molar-refractivity contribution in [3.8, 4) is 5.75 Å². The number of hydrogen-bond donors (Lipinski definition) is 0. The molecule has 0 radical (unpaired) electrons. The fourth-order valence-corrected chi connectivity index (χ4v) is 2.81. The molecule has 2 nitrogen and oxygen atoms in total.